The van der Waals surface area contributed by atoms with E-state index in [2.05, 4.69) is 4.90 Å². The summed E-state index contributed by atoms with van der Waals surface area (Å²) in [6.07, 6.45) is 2.35. The normalized spacial score (nSPS) is 20.5. The molecular formula is C17H24N2O3. The SMILES string of the molecule is CC(O)c1ccc2c(c1)N(CCN1CCCC1)C(=O)CCO2. The highest BCUT2D eigenvalue weighted by Gasteiger charge is 2.25. The number of carbonyl (C=O) groups excluding carboxylic acids is 1. The average molecular weight is 304 g/mol. The number of aliphatic hydroxyl groups is 1. The van der Waals surface area contributed by atoms with E-state index in [1.54, 1.807) is 6.92 Å². The number of fused-ring (bicyclic) bond motifs is 1. The highest BCUT2D eigenvalue weighted by atomic mass is 16.5. The Bertz CT molecular complexity index is 539. The van der Waals surface area contributed by atoms with E-state index in [1.165, 1.54) is 12.8 Å². The molecule has 0 aliphatic carbocycles. The van der Waals surface area contributed by atoms with Crippen LogP contribution in [0.15, 0.2) is 18.2 Å². The molecule has 1 unspecified atom stereocenters. The Labute approximate surface area is 131 Å². The van der Waals surface area contributed by atoms with Crippen LogP contribution in [0.3, 0.4) is 0 Å². The van der Waals surface area contributed by atoms with Crippen LogP contribution in [0.2, 0.25) is 0 Å². The molecule has 1 aromatic rings. The van der Waals surface area contributed by atoms with E-state index in [-0.39, 0.29) is 5.91 Å². The first-order valence-corrected chi connectivity index (χ1v) is 8.12. The van der Waals surface area contributed by atoms with Crippen molar-refractivity contribution in [1.29, 1.82) is 0 Å². The van der Waals surface area contributed by atoms with Crippen molar-refractivity contribution < 1.29 is 14.6 Å². The van der Waals surface area contributed by atoms with Gasteiger partial charge in [0.2, 0.25) is 5.91 Å². The number of nitrogens with zero attached hydrogens (tertiary/aromatic N) is 2. The third kappa shape index (κ3) is 3.25. The van der Waals surface area contributed by atoms with Crippen molar-refractivity contribution in [1.82, 2.24) is 4.90 Å². The molecule has 1 saturated heterocycles. The van der Waals surface area contributed by atoms with Gasteiger partial charge in [0, 0.05) is 13.1 Å². The first-order valence-electron chi connectivity index (χ1n) is 8.12. The number of rotatable bonds is 4. The van der Waals surface area contributed by atoms with Crippen LogP contribution >= 0.6 is 0 Å². The topological polar surface area (TPSA) is 53.0 Å². The molecule has 3 rings (SSSR count). The largest absolute Gasteiger partial charge is 0.491 e. The molecular weight excluding hydrogens is 280 g/mol. The number of likely N-dealkylation sites (tertiary alicyclic amines) is 1. The second-order valence-corrected chi connectivity index (χ2v) is 6.10. The molecule has 5 nitrogen and oxygen atoms in total. The van der Waals surface area contributed by atoms with Crippen molar-refractivity contribution in [2.45, 2.75) is 32.3 Å². The van der Waals surface area contributed by atoms with Crippen LogP contribution in [0, 0.1) is 0 Å². The van der Waals surface area contributed by atoms with E-state index in [1.807, 2.05) is 23.1 Å². The van der Waals surface area contributed by atoms with E-state index in [0.29, 0.717) is 19.6 Å². The fourth-order valence-electron chi connectivity index (χ4n) is 3.14. The third-order valence-corrected chi connectivity index (χ3v) is 4.47. The lowest BCUT2D eigenvalue weighted by molar-refractivity contribution is -0.118. The first-order chi connectivity index (χ1) is 10.6. The molecule has 1 fully saturated rings. The molecule has 0 saturated carbocycles. The predicted octanol–water partition coefficient (Wildman–Crippen LogP) is 1.95. The fourth-order valence-corrected chi connectivity index (χ4v) is 3.14. The minimum atomic E-state index is -0.552. The summed E-state index contributed by atoms with van der Waals surface area (Å²) in [4.78, 5) is 16.7. The molecule has 2 heterocycles. The van der Waals surface area contributed by atoms with Crippen LogP contribution in [0.4, 0.5) is 5.69 Å². The van der Waals surface area contributed by atoms with Gasteiger partial charge in [-0.3, -0.25) is 4.79 Å². The Morgan fingerprint density at radius 1 is 1.27 bits per heavy atom. The van der Waals surface area contributed by atoms with Gasteiger partial charge in [-0.2, -0.15) is 0 Å². The summed E-state index contributed by atoms with van der Waals surface area (Å²) in [5.74, 6) is 0.831. The lowest BCUT2D eigenvalue weighted by Crippen LogP contribution is -2.37. The Hall–Kier alpha value is -1.59. The van der Waals surface area contributed by atoms with Crippen molar-refractivity contribution >= 4 is 11.6 Å². The summed E-state index contributed by atoms with van der Waals surface area (Å²) < 4.78 is 5.70. The number of hydrogen-bond acceptors (Lipinski definition) is 4. The van der Waals surface area contributed by atoms with E-state index >= 15 is 0 Å². The molecule has 0 radical (unpaired) electrons. The van der Waals surface area contributed by atoms with E-state index in [4.69, 9.17) is 4.74 Å². The highest BCUT2D eigenvalue weighted by Crippen LogP contribution is 2.34. The molecule has 1 N–H and O–H groups in total. The van der Waals surface area contributed by atoms with Gasteiger partial charge in [-0.25, -0.2) is 0 Å². The number of hydrogen-bond donors (Lipinski definition) is 1. The minimum Gasteiger partial charge on any atom is -0.491 e. The summed E-state index contributed by atoms with van der Waals surface area (Å²) in [6.45, 7) is 5.97. The maximum atomic E-state index is 12.4. The summed E-state index contributed by atoms with van der Waals surface area (Å²) in [5.41, 5.74) is 1.60. The first kappa shape index (κ1) is 15.3. The Kier molecular flexibility index (Phi) is 4.64. The van der Waals surface area contributed by atoms with Crippen molar-refractivity contribution in [3.8, 4) is 5.75 Å². The van der Waals surface area contributed by atoms with Gasteiger partial charge in [-0.05, 0) is 50.6 Å². The maximum absolute atomic E-state index is 12.4. The number of carbonyl (C=O) groups is 1. The molecule has 0 spiro atoms. The van der Waals surface area contributed by atoms with Crippen molar-refractivity contribution in [3.05, 3.63) is 23.8 Å². The second kappa shape index (κ2) is 6.67. The van der Waals surface area contributed by atoms with Crippen LogP contribution in [0.1, 0.15) is 37.9 Å². The molecule has 5 heteroatoms. The zero-order valence-electron chi connectivity index (χ0n) is 13.1. The summed E-state index contributed by atoms with van der Waals surface area (Å²) in [5, 5.41) is 9.80. The van der Waals surface area contributed by atoms with E-state index in [0.717, 1.165) is 36.6 Å². The minimum absolute atomic E-state index is 0.0979. The lowest BCUT2D eigenvalue weighted by Gasteiger charge is -2.25. The zero-order valence-corrected chi connectivity index (χ0v) is 13.1. The Morgan fingerprint density at radius 2 is 2.05 bits per heavy atom. The van der Waals surface area contributed by atoms with Crippen LogP contribution in [0.25, 0.3) is 0 Å². The van der Waals surface area contributed by atoms with Gasteiger partial charge in [-0.1, -0.05) is 6.07 Å². The standard InChI is InChI=1S/C17H24N2O3/c1-13(20)14-4-5-16-15(12-14)19(17(21)6-11-22-16)10-9-18-7-2-3-8-18/h4-5,12-13,20H,2-3,6-11H2,1H3. The molecule has 2 aliphatic rings. The number of anilines is 1. The molecule has 0 aromatic heterocycles. The Balaban J connectivity index is 1.83. The van der Waals surface area contributed by atoms with Crippen LogP contribution in [0.5, 0.6) is 5.75 Å². The van der Waals surface area contributed by atoms with Crippen molar-refractivity contribution in [3.63, 3.8) is 0 Å². The van der Waals surface area contributed by atoms with Crippen molar-refractivity contribution in [2.75, 3.05) is 37.7 Å². The number of benzene rings is 1. The summed E-state index contributed by atoms with van der Waals surface area (Å²) >= 11 is 0. The molecule has 120 valence electrons. The summed E-state index contributed by atoms with van der Waals surface area (Å²) in [7, 11) is 0. The number of amides is 1. The van der Waals surface area contributed by atoms with Gasteiger partial charge in [0.05, 0.1) is 24.8 Å². The molecule has 2 aliphatic heterocycles. The van der Waals surface area contributed by atoms with Crippen LogP contribution in [-0.2, 0) is 4.79 Å². The third-order valence-electron chi connectivity index (χ3n) is 4.47. The van der Waals surface area contributed by atoms with Gasteiger partial charge >= 0.3 is 0 Å². The van der Waals surface area contributed by atoms with Crippen LogP contribution < -0.4 is 9.64 Å². The van der Waals surface area contributed by atoms with Gasteiger partial charge < -0.3 is 19.6 Å². The number of ether oxygens (including phenoxy) is 1. The number of aliphatic hydroxyl groups excluding tert-OH is 1. The smallest absolute Gasteiger partial charge is 0.230 e. The fraction of sp³-hybridized carbons (Fsp3) is 0.588. The summed E-state index contributed by atoms with van der Waals surface area (Å²) in [6, 6.07) is 5.60. The van der Waals surface area contributed by atoms with E-state index < -0.39 is 6.10 Å². The molecule has 1 atom stereocenters. The Morgan fingerprint density at radius 3 is 2.77 bits per heavy atom. The van der Waals surface area contributed by atoms with Crippen LogP contribution in [-0.4, -0.2) is 48.7 Å². The second-order valence-electron chi connectivity index (χ2n) is 6.10. The van der Waals surface area contributed by atoms with Gasteiger partial charge in [0.25, 0.3) is 0 Å². The lowest BCUT2D eigenvalue weighted by atomic mass is 10.1. The van der Waals surface area contributed by atoms with Crippen molar-refractivity contribution in [2.24, 2.45) is 0 Å². The van der Waals surface area contributed by atoms with Gasteiger partial charge in [-0.15, -0.1) is 0 Å². The zero-order chi connectivity index (χ0) is 15.5. The average Bonchev–Trinajstić information content (AvgIpc) is 2.96. The molecule has 1 aromatic carbocycles. The van der Waals surface area contributed by atoms with Gasteiger partial charge in [0.1, 0.15) is 5.75 Å². The van der Waals surface area contributed by atoms with Gasteiger partial charge in [0.15, 0.2) is 0 Å². The predicted molar refractivity (Wildman–Crippen MR) is 85.2 cm³/mol. The molecule has 0 bridgehead atoms. The molecule has 1 amide bonds. The maximum Gasteiger partial charge on any atom is 0.230 e. The monoisotopic (exact) mass is 304 g/mol. The quantitative estimate of drug-likeness (QED) is 0.924. The molecule has 22 heavy (non-hydrogen) atoms. The highest BCUT2D eigenvalue weighted by molar-refractivity contribution is 5.95. The van der Waals surface area contributed by atoms with E-state index in [9.17, 15) is 9.90 Å².